The zero-order valence-corrected chi connectivity index (χ0v) is 12.0. The van der Waals surface area contributed by atoms with Gasteiger partial charge in [0.2, 0.25) is 0 Å². The second-order valence-electron chi connectivity index (χ2n) is 4.71. The molecule has 0 aromatic heterocycles. The highest BCUT2D eigenvalue weighted by Crippen LogP contribution is 2.13. The first kappa shape index (κ1) is 14.7. The minimum atomic E-state index is 0.680. The van der Waals surface area contributed by atoms with E-state index in [1.165, 1.54) is 5.56 Å². The Balaban J connectivity index is 1.78. The van der Waals surface area contributed by atoms with Gasteiger partial charge in [-0.1, -0.05) is 12.1 Å². The molecule has 0 atom stereocenters. The van der Waals surface area contributed by atoms with Crippen LogP contribution >= 0.6 is 0 Å². The average molecular weight is 277 g/mol. The highest BCUT2D eigenvalue weighted by Gasteiger charge is 2.03. The first-order valence-corrected chi connectivity index (χ1v) is 7.11. The van der Waals surface area contributed by atoms with Crippen LogP contribution in [-0.4, -0.2) is 39.4 Å². The summed E-state index contributed by atoms with van der Waals surface area (Å²) in [6.45, 7) is 4.05. The minimum absolute atomic E-state index is 0.680. The number of guanidine groups is 1. The molecule has 1 aromatic rings. The average Bonchev–Trinajstić information content (AvgIpc) is 2.51. The Morgan fingerprint density at radius 1 is 1.35 bits per heavy atom. The van der Waals surface area contributed by atoms with E-state index in [0.29, 0.717) is 6.61 Å². The van der Waals surface area contributed by atoms with Gasteiger partial charge in [0, 0.05) is 39.8 Å². The van der Waals surface area contributed by atoms with Crippen LogP contribution in [0.4, 0.5) is 0 Å². The number of nitrogens with zero attached hydrogens (tertiary/aromatic N) is 1. The summed E-state index contributed by atoms with van der Waals surface area (Å²) in [6, 6.07) is 8.13. The molecule has 1 aliphatic heterocycles. The van der Waals surface area contributed by atoms with E-state index in [-0.39, 0.29) is 0 Å². The summed E-state index contributed by atoms with van der Waals surface area (Å²) in [5.74, 6) is 1.79. The molecule has 1 aliphatic rings. The van der Waals surface area contributed by atoms with Crippen LogP contribution in [0.15, 0.2) is 29.3 Å². The van der Waals surface area contributed by atoms with Gasteiger partial charge in [-0.05, 0) is 24.1 Å². The molecule has 2 N–H and O–H groups in total. The number of rotatable bonds is 7. The Morgan fingerprint density at radius 2 is 2.30 bits per heavy atom. The van der Waals surface area contributed by atoms with Crippen LogP contribution in [0.3, 0.4) is 0 Å². The number of hydrogen-bond acceptors (Lipinski definition) is 5. The molecule has 0 aliphatic carbocycles. The van der Waals surface area contributed by atoms with Crippen molar-refractivity contribution in [3.05, 3.63) is 29.8 Å². The largest absolute Gasteiger partial charge is 0.493 e. The minimum Gasteiger partial charge on any atom is -0.493 e. The van der Waals surface area contributed by atoms with E-state index < -0.39 is 0 Å². The molecule has 0 radical (unpaired) electrons. The molecule has 0 unspecified atom stereocenters. The van der Waals surface area contributed by atoms with Gasteiger partial charge < -0.3 is 20.1 Å². The number of hydrogen-bond donors (Lipinski definition) is 2. The fraction of sp³-hybridized carbons (Fsp3) is 0.533. The van der Waals surface area contributed by atoms with Gasteiger partial charge in [-0.15, -0.1) is 0 Å². The van der Waals surface area contributed by atoms with Gasteiger partial charge in [0.05, 0.1) is 6.61 Å². The molecule has 0 bridgehead atoms. The lowest BCUT2D eigenvalue weighted by Crippen LogP contribution is -2.40. The van der Waals surface area contributed by atoms with Crippen molar-refractivity contribution in [2.75, 3.05) is 33.4 Å². The Kier molecular flexibility index (Phi) is 6.17. The highest BCUT2D eigenvalue weighted by atomic mass is 16.5. The monoisotopic (exact) mass is 277 g/mol. The topological polar surface area (TPSA) is 54.9 Å². The Morgan fingerprint density at radius 3 is 3.10 bits per heavy atom. The number of benzene rings is 1. The van der Waals surface area contributed by atoms with Crippen LogP contribution < -0.4 is 15.4 Å². The van der Waals surface area contributed by atoms with Crippen molar-refractivity contribution < 1.29 is 9.47 Å². The van der Waals surface area contributed by atoms with E-state index in [1.807, 2.05) is 12.1 Å². The first-order chi connectivity index (χ1) is 9.88. The molecule has 0 fully saturated rings. The SMILES string of the molecule is COCCCOc1cccc(CNC2=NCCCN2)c1. The zero-order valence-electron chi connectivity index (χ0n) is 12.0. The molecule has 5 nitrogen and oxygen atoms in total. The van der Waals surface area contributed by atoms with E-state index in [4.69, 9.17) is 9.47 Å². The molecule has 1 heterocycles. The summed E-state index contributed by atoms with van der Waals surface area (Å²) in [5, 5.41) is 6.55. The zero-order chi connectivity index (χ0) is 14.0. The lowest BCUT2D eigenvalue weighted by Gasteiger charge is -2.16. The third-order valence-electron chi connectivity index (χ3n) is 3.02. The maximum absolute atomic E-state index is 5.69. The molecule has 5 heteroatoms. The van der Waals surface area contributed by atoms with Gasteiger partial charge in [0.25, 0.3) is 0 Å². The summed E-state index contributed by atoms with van der Waals surface area (Å²) in [4.78, 5) is 4.39. The van der Waals surface area contributed by atoms with E-state index >= 15 is 0 Å². The Bertz CT molecular complexity index is 435. The molecule has 0 saturated carbocycles. The molecule has 20 heavy (non-hydrogen) atoms. The van der Waals surface area contributed by atoms with Crippen molar-refractivity contribution in [2.45, 2.75) is 19.4 Å². The van der Waals surface area contributed by atoms with Crippen LogP contribution in [-0.2, 0) is 11.3 Å². The van der Waals surface area contributed by atoms with Crippen LogP contribution in [0.25, 0.3) is 0 Å². The lowest BCUT2D eigenvalue weighted by atomic mass is 10.2. The summed E-state index contributed by atoms with van der Waals surface area (Å²) in [5.41, 5.74) is 1.18. The van der Waals surface area contributed by atoms with Gasteiger partial charge >= 0.3 is 0 Å². The smallest absolute Gasteiger partial charge is 0.191 e. The van der Waals surface area contributed by atoms with Crippen molar-refractivity contribution in [3.63, 3.8) is 0 Å². The lowest BCUT2D eigenvalue weighted by molar-refractivity contribution is 0.172. The standard InChI is InChI=1S/C15H23N3O2/c1-19-9-4-10-20-14-6-2-5-13(11-14)12-18-15-16-7-3-8-17-15/h2,5-6,11H,3-4,7-10,12H2,1H3,(H2,16,17,18). The van der Waals surface area contributed by atoms with Gasteiger partial charge in [-0.2, -0.15) is 0 Å². The molecule has 0 spiro atoms. The predicted octanol–water partition coefficient (Wildman–Crippen LogP) is 1.54. The first-order valence-electron chi connectivity index (χ1n) is 7.11. The summed E-state index contributed by atoms with van der Waals surface area (Å²) in [7, 11) is 1.70. The van der Waals surface area contributed by atoms with E-state index in [1.54, 1.807) is 7.11 Å². The third-order valence-corrected chi connectivity index (χ3v) is 3.02. The second kappa shape index (κ2) is 8.43. The summed E-state index contributed by atoms with van der Waals surface area (Å²) in [6.07, 6.45) is 2.01. The van der Waals surface area contributed by atoms with Crippen LogP contribution in [0.5, 0.6) is 5.75 Å². The molecule has 2 rings (SSSR count). The van der Waals surface area contributed by atoms with Gasteiger partial charge in [-0.25, -0.2) is 0 Å². The maximum atomic E-state index is 5.69. The molecule has 1 aromatic carbocycles. The van der Waals surface area contributed by atoms with Crippen LogP contribution in [0.1, 0.15) is 18.4 Å². The fourth-order valence-electron chi connectivity index (χ4n) is 1.98. The highest BCUT2D eigenvalue weighted by molar-refractivity contribution is 5.80. The van der Waals surface area contributed by atoms with Gasteiger partial charge in [-0.3, -0.25) is 4.99 Å². The molecular formula is C15H23N3O2. The summed E-state index contributed by atoms with van der Waals surface area (Å²) < 4.78 is 10.7. The maximum Gasteiger partial charge on any atom is 0.191 e. The van der Waals surface area contributed by atoms with Crippen molar-refractivity contribution in [1.29, 1.82) is 0 Å². The quantitative estimate of drug-likeness (QED) is 0.742. The Labute approximate surface area is 120 Å². The van der Waals surface area contributed by atoms with Crippen molar-refractivity contribution in [2.24, 2.45) is 4.99 Å². The van der Waals surface area contributed by atoms with Crippen LogP contribution in [0, 0.1) is 0 Å². The molecule has 0 amide bonds. The number of ether oxygens (including phenoxy) is 2. The van der Waals surface area contributed by atoms with Crippen molar-refractivity contribution >= 4 is 5.96 Å². The van der Waals surface area contributed by atoms with Gasteiger partial charge in [0.15, 0.2) is 5.96 Å². The van der Waals surface area contributed by atoms with Crippen molar-refractivity contribution in [1.82, 2.24) is 10.6 Å². The number of methoxy groups -OCH3 is 1. The second-order valence-corrected chi connectivity index (χ2v) is 4.71. The van der Waals surface area contributed by atoms with E-state index in [0.717, 1.165) is 50.8 Å². The van der Waals surface area contributed by atoms with E-state index in [2.05, 4.69) is 27.8 Å². The third kappa shape index (κ3) is 5.09. The number of aliphatic imine (C=N–C) groups is 1. The predicted molar refractivity (Wildman–Crippen MR) is 80.2 cm³/mol. The number of nitrogens with one attached hydrogen (secondary N) is 2. The van der Waals surface area contributed by atoms with Crippen molar-refractivity contribution in [3.8, 4) is 5.75 Å². The van der Waals surface area contributed by atoms with Crippen LogP contribution in [0.2, 0.25) is 0 Å². The molecular weight excluding hydrogens is 254 g/mol. The Hall–Kier alpha value is -1.75. The summed E-state index contributed by atoms with van der Waals surface area (Å²) >= 11 is 0. The van der Waals surface area contributed by atoms with E-state index in [9.17, 15) is 0 Å². The molecule has 110 valence electrons. The fourth-order valence-corrected chi connectivity index (χ4v) is 1.98. The van der Waals surface area contributed by atoms with Gasteiger partial charge in [0.1, 0.15) is 5.75 Å². The normalized spacial score (nSPS) is 14.3. The molecule has 0 saturated heterocycles.